The monoisotopic (exact) mass is 209 g/mol. The van der Waals surface area contributed by atoms with E-state index in [0.717, 1.165) is 39.0 Å². The smallest absolute Gasteiger partial charge is 0.0522 e. The molecule has 0 bridgehead atoms. The molecule has 0 aliphatic carbocycles. The van der Waals surface area contributed by atoms with Gasteiger partial charge in [0.1, 0.15) is 0 Å². The van der Waals surface area contributed by atoms with Crippen molar-refractivity contribution in [2.75, 3.05) is 19.8 Å². The number of ether oxygens (including phenoxy) is 1. The lowest BCUT2D eigenvalue weighted by molar-refractivity contribution is 0.0782. The molecule has 4 heteroatoms. The summed E-state index contributed by atoms with van der Waals surface area (Å²) in [7, 11) is 1.95. The molecule has 1 N–H and O–H groups in total. The first-order valence-corrected chi connectivity index (χ1v) is 5.63. The van der Waals surface area contributed by atoms with Crippen LogP contribution < -0.4 is 5.32 Å². The Morgan fingerprint density at radius 3 is 3.00 bits per heavy atom. The Hall–Kier alpha value is -0.870. The van der Waals surface area contributed by atoms with Crippen molar-refractivity contribution in [2.24, 2.45) is 7.05 Å². The molecule has 0 atom stereocenters. The van der Waals surface area contributed by atoms with Gasteiger partial charge >= 0.3 is 0 Å². The average molecular weight is 209 g/mol. The van der Waals surface area contributed by atoms with Crippen molar-refractivity contribution in [3.63, 3.8) is 0 Å². The molecule has 0 spiro atoms. The molecule has 1 saturated heterocycles. The second-order valence-electron chi connectivity index (χ2n) is 4.11. The molecule has 1 aliphatic heterocycles. The molecule has 1 aromatic rings. The number of rotatable bonds is 4. The Kier molecular flexibility index (Phi) is 3.75. The highest BCUT2D eigenvalue weighted by molar-refractivity contribution is 5.03. The SMILES string of the molecule is Cn1cc(CCNC2CCOCC2)cn1. The molecule has 1 aromatic heterocycles. The molecule has 1 aliphatic rings. The van der Waals surface area contributed by atoms with Gasteiger partial charge in [-0.3, -0.25) is 4.68 Å². The Labute approximate surface area is 90.6 Å². The summed E-state index contributed by atoms with van der Waals surface area (Å²) >= 11 is 0. The normalized spacial score (nSPS) is 18.2. The maximum Gasteiger partial charge on any atom is 0.0522 e. The first kappa shape index (κ1) is 10.6. The van der Waals surface area contributed by atoms with E-state index in [2.05, 4.69) is 16.6 Å². The maximum absolute atomic E-state index is 5.31. The highest BCUT2D eigenvalue weighted by atomic mass is 16.5. The summed E-state index contributed by atoms with van der Waals surface area (Å²) in [6, 6.07) is 0.649. The van der Waals surface area contributed by atoms with E-state index in [0.29, 0.717) is 6.04 Å². The van der Waals surface area contributed by atoms with Crippen molar-refractivity contribution < 1.29 is 4.74 Å². The summed E-state index contributed by atoms with van der Waals surface area (Å²) in [5, 5.41) is 7.71. The Morgan fingerprint density at radius 2 is 2.33 bits per heavy atom. The van der Waals surface area contributed by atoms with E-state index < -0.39 is 0 Å². The molecule has 4 nitrogen and oxygen atoms in total. The van der Waals surface area contributed by atoms with Gasteiger partial charge in [0.2, 0.25) is 0 Å². The van der Waals surface area contributed by atoms with Crippen molar-refractivity contribution in [3.8, 4) is 0 Å². The zero-order valence-corrected chi connectivity index (χ0v) is 9.28. The van der Waals surface area contributed by atoms with Gasteiger partial charge in [0.25, 0.3) is 0 Å². The highest BCUT2D eigenvalue weighted by Crippen LogP contribution is 2.06. The summed E-state index contributed by atoms with van der Waals surface area (Å²) in [6.45, 7) is 2.85. The van der Waals surface area contributed by atoms with Gasteiger partial charge in [-0.1, -0.05) is 0 Å². The summed E-state index contributed by atoms with van der Waals surface area (Å²) in [4.78, 5) is 0. The molecule has 0 radical (unpaired) electrons. The van der Waals surface area contributed by atoms with Gasteiger partial charge in [0.15, 0.2) is 0 Å². The van der Waals surface area contributed by atoms with E-state index in [-0.39, 0.29) is 0 Å². The summed E-state index contributed by atoms with van der Waals surface area (Å²) in [6.07, 6.45) is 7.36. The van der Waals surface area contributed by atoms with Crippen LogP contribution in [0.1, 0.15) is 18.4 Å². The van der Waals surface area contributed by atoms with Gasteiger partial charge in [-0.15, -0.1) is 0 Å². The number of hydrogen-bond donors (Lipinski definition) is 1. The molecule has 2 heterocycles. The fraction of sp³-hybridized carbons (Fsp3) is 0.727. The van der Waals surface area contributed by atoms with Gasteiger partial charge in [0, 0.05) is 32.5 Å². The molecule has 0 aromatic carbocycles. The number of nitrogens with zero attached hydrogens (tertiary/aromatic N) is 2. The number of nitrogens with one attached hydrogen (secondary N) is 1. The first-order chi connectivity index (χ1) is 7.34. The van der Waals surface area contributed by atoms with Crippen LogP contribution in [0.15, 0.2) is 12.4 Å². The fourth-order valence-corrected chi connectivity index (χ4v) is 1.92. The minimum atomic E-state index is 0.649. The predicted molar refractivity (Wildman–Crippen MR) is 58.8 cm³/mol. The van der Waals surface area contributed by atoms with Crippen LogP contribution in [0.5, 0.6) is 0 Å². The molecular weight excluding hydrogens is 190 g/mol. The third-order valence-corrected chi connectivity index (χ3v) is 2.83. The summed E-state index contributed by atoms with van der Waals surface area (Å²) in [5.41, 5.74) is 1.30. The minimum Gasteiger partial charge on any atom is -0.381 e. The molecule has 84 valence electrons. The number of aryl methyl sites for hydroxylation is 1. The molecule has 15 heavy (non-hydrogen) atoms. The van der Waals surface area contributed by atoms with E-state index >= 15 is 0 Å². The van der Waals surface area contributed by atoms with Crippen molar-refractivity contribution in [2.45, 2.75) is 25.3 Å². The zero-order chi connectivity index (χ0) is 10.5. The quantitative estimate of drug-likeness (QED) is 0.794. The zero-order valence-electron chi connectivity index (χ0n) is 9.28. The van der Waals surface area contributed by atoms with Crippen LogP contribution in [0.2, 0.25) is 0 Å². The van der Waals surface area contributed by atoms with E-state index in [4.69, 9.17) is 4.74 Å². The number of aromatic nitrogens is 2. The van der Waals surface area contributed by atoms with Crippen LogP contribution in [0, 0.1) is 0 Å². The standard InChI is InChI=1S/C11H19N3O/c1-14-9-10(8-13-14)2-5-12-11-3-6-15-7-4-11/h8-9,11-12H,2-7H2,1H3. The lowest BCUT2D eigenvalue weighted by Crippen LogP contribution is -2.35. The van der Waals surface area contributed by atoms with Crippen molar-refractivity contribution in [3.05, 3.63) is 18.0 Å². The third-order valence-electron chi connectivity index (χ3n) is 2.83. The van der Waals surface area contributed by atoms with Crippen LogP contribution >= 0.6 is 0 Å². The Balaban J connectivity index is 1.65. The van der Waals surface area contributed by atoms with E-state index in [1.165, 1.54) is 5.56 Å². The number of hydrogen-bond acceptors (Lipinski definition) is 3. The fourth-order valence-electron chi connectivity index (χ4n) is 1.92. The van der Waals surface area contributed by atoms with Crippen LogP contribution in [0.4, 0.5) is 0 Å². The van der Waals surface area contributed by atoms with Crippen LogP contribution in [0.25, 0.3) is 0 Å². The van der Waals surface area contributed by atoms with Crippen molar-refractivity contribution in [1.82, 2.24) is 15.1 Å². The highest BCUT2D eigenvalue weighted by Gasteiger charge is 2.12. The van der Waals surface area contributed by atoms with Crippen LogP contribution in [-0.4, -0.2) is 35.6 Å². The van der Waals surface area contributed by atoms with Gasteiger partial charge in [-0.05, 0) is 31.4 Å². The molecule has 0 amide bonds. The maximum atomic E-state index is 5.31. The molecule has 0 unspecified atom stereocenters. The van der Waals surface area contributed by atoms with E-state index in [1.54, 1.807) is 0 Å². The van der Waals surface area contributed by atoms with E-state index in [1.807, 2.05) is 17.9 Å². The average Bonchev–Trinajstić information content (AvgIpc) is 2.66. The first-order valence-electron chi connectivity index (χ1n) is 5.63. The third kappa shape index (κ3) is 3.32. The Bertz CT molecular complexity index is 292. The Morgan fingerprint density at radius 1 is 1.53 bits per heavy atom. The molecule has 0 saturated carbocycles. The second kappa shape index (κ2) is 5.28. The molecular formula is C11H19N3O. The van der Waals surface area contributed by atoms with Crippen LogP contribution in [-0.2, 0) is 18.2 Å². The van der Waals surface area contributed by atoms with Gasteiger partial charge in [-0.25, -0.2) is 0 Å². The molecule has 2 rings (SSSR count). The lowest BCUT2D eigenvalue weighted by atomic mass is 10.1. The topological polar surface area (TPSA) is 39.1 Å². The van der Waals surface area contributed by atoms with Crippen molar-refractivity contribution in [1.29, 1.82) is 0 Å². The second-order valence-corrected chi connectivity index (χ2v) is 4.11. The van der Waals surface area contributed by atoms with Gasteiger partial charge in [0.05, 0.1) is 6.20 Å². The largest absolute Gasteiger partial charge is 0.381 e. The van der Waals surface area contributed by atoms with Gasteiger partial charge in [-0.2, -0.15) is 5.10 Å². The van der Waals surface area contributed by atoms with Crippen molar-refractivity contribution >= 4 is 0 Å². The van der Waals surface area contributed by atoms with Crippen LogP contribution in [0.3, 0.4) is 0 Å². The summed E-state index contributed by atoms with van der Waals surface area (Å²) < 4.78 is 7.17. The minimum absolute atomic E-state index is 0.649. The predicted octanol–water partition coefficient (Wildman–Crippen LogP) is 0.731. The summed E-state index contributed by atoms with van der Waals surface area (Å²) in [5.74, 6) is 0. The molecule has 1 fully saturated rings. The van der Waals surface area contributed by atoms with Gasteiger partial charge < -0.3 is 10.1 Å². The van der Waals surface area contributed by atoms with E-state index in [9.17, 15) is 0 Å². The lowest BCUT2D eigenvalue weighted by Gasteiger charge is -2.22.